The first kappa shape index (κ1) is 14.5. The van der Waals surface area contributed by atoms with Crippen LogP contribution in [0, 0.1) is 0 Å². The van der Waals surface area contributed by atoms with Crippen LogP contribution >= 0.6 is 0 Å². The average molecular weight is 295 g/mol. The van der Waals surface area contributed by atoms with Gasteiger partial charge in [-0.05, 0) is 25.0 Å². The molecule has 114 valence electrons. The van der Waals surface area contributed by atoms with E-state index in [0.717, 1.165) is 54.6 Å². The molecule has 0 spiro atoms. The van der Waals surface area contributed by atoms with Crippen molar-refractivity contribution in [1.82, 2.24) is 20.0 Å². The first-order valence-corrected chi connectivity index (χ1v) is 7.83. The Balaban J connectivity index is 1.54. The molecule has 0 saturated heterocycles. The van der Waals surface area contributed by atoms with E-state index in [4.69, 9.17) is 0 Å². The third-order valence-electron chi connectivity index (χ3n) is 3.60. The first-order valence-electron chi connectivity index (χ1n) is 7.83. The molecule has 5 heteroatoms. The smallest absolute Gasteiger partial charge is 0.0933 e. The molecule has 0 bridgehead atoms. The van der Waals surface area contributed by atoms with Gasteiger partial charge in [-0.1, -0.05) is 36.8 Å². The molecule has 0 aliphatic rings. The van der Waals surface area contributed by atoms with Gasteiger partial charge in [0.15, 0.2) is 0 Å². The lowest BCUT2D eigenvalue weighted by Gasteiger charge is -2.08. The van der Waals surface area contributed by atoms with Crippen molar-refractivity contribution in [2.45, 2.75) is 32.7 Å². The van der Waals surface area contributed by atoms with Gasteiger partial charge in [-0.15, -0.1) is 5.10 Å². The predicted octanol–water partition coefficient (Wildman–Crippen LogP) is 3.28. The zero-order valence-corrected chi connectivity index (χ0v) is 12.9. The lowest BCUT2D eigenvalue weighted by molar-refractivity contribution is 0.570. The fourth-order valence-electron chi connectivity index (χ4n) is 2.53. The Morgan fingerprint density at radius 1 is 1.18 bits per heavy atom. The van der Waals surface area contributed by atoms with Gasteiger partial charge in [-0.25, -0.2) is 0 Å². The number of hydrogen-bond donors (Lipinski definition) is 1. The molecule has 1 aromatic carbocycles. The Labute approximate surface area is 130 Å². The topological polar surface area (TPSA) is 55.6 Å². The zero-order chi connectivity index (χ0) is 15.2. The summed E-state index contributed by atoms with van der Waals surface area (Å²) in [5.41, 5.74) is 3.19. The Bertz CT molecular complexity index is 729. The number of hydrogen-bond acceptors (Lipinski definition) is 4. The maximum atomic E-state index is 4.45. The number of nitrogens with one attached hydrogen (secondary N) is 1. The summed E-state index contributed by atoms with van der Waals surface area (Å²) >= 11 is 0. The second-order valence-corrected chi connectivity index (χ2v) is 5.38. The standard InChI is InChI=1S/C17H21N5/c1-2-6-15-13-22(21-20-15)12-5-11-18-16-9-3-7-14-8-4-10-19-17(14)16/h3-4,7-10,13,18H,2,5-6,11-12H2,1H3. The van der Waals surface area contributed by atoms with Crippen LogP contribution in [-0.2, 0) is 13.0 Å². The summed E-state index contributed by atoms with van der Waals surface area (Å²) < 4.78 is 1.92. The first-order chi connectivity index (χ1) is 10.9. The highest BCUT2D eigenvalue weighted by atomic mass is 15.4. The molecular weight excluding hydrogens is 274 g/mol. The molecular formula is C17H21N5. The van der Waals surface area contributed by atoms with Crippen molar-refractivity contribution < 1.29 is 0 Å². The molecule has 0 fully saturated rings. The largest absolute Gasteiger partial charge is 0.383 e. The van der Waals surface area contributed by atoms with Crippen molar-refractivity contribution in [3.8, 4) is 0 Å². The van der Waals surface area contributed by atoms with Crippen LogP contribution in [0.1, 0.15) is 25.5 Å². The third-order valence-corrected chi connectivity index (χ3v) is 3.60. The van der Waals surface area contributed by atoms with Gasteiger partial charge in [0.05, 0.1) is 16.9 Å². The van der Waals surface area contributed by atoms with Gasteiger partial charge in [-0.2, -0.15) is 0 Å². The summed E-state index contributed by atoms with van der Waals surface area (Å²) in [6, 6.07) is 10.3. The lowest BCUT2D eigenvalue weighted by atomic mass is 10.2. The highest BCUT2D eigenvalue weighted by Crippen LogP contribution is 2.20. The van der Waals surface area contributed by atoms with E-state index in [-0.39, 0.29) is 0 Å². The van der Waals surface area contributed by atoms with Crippen LogP contribution in [0.5, 0.6) is 0 Å². The minimum atomic E-state index is 0.877. The minimum Gasteiger partial charge on any atom is -0.383 e. The molecule has 0 saturated carbocycles. The predicted molar refractivity (Wildman–Crippen MR) is 88.9 cm³/mol. The molecule has 0 aliphatic heterocycles. The van der Waals surface area contributed by atoms with Crippen molar-refractivity contribution >= 4 is 16.6 Å². The number of pyridine rings is 1. The minimum absolute atomic E-state index is 0.877. The van der Waals surface area contributed by atoms with Crippen LogP contribution in [0.2, 0.25) is 0 Å². The molecule has 3 aromatic rings. The number of benzene rings is 1. The highest BCUT2D eigenvalue weighted by Gasteiger charge is 2.02. The normalized spacial score (nSPS) is 11.0. The van der Waals surface area contributed by atoms with Gasteiger partial charge in [-0.3, -0.25) is 9.67 Å². The molecule has 2 aromatic heterocycles. The Hall–Kier alpha value is -2.43. The molecule has 0 amide bonds. The summed E-state index contributed by atoms with van der Waals surface area (Å²) in [5, 5.41) is 12.9. The number of para-hydroxylation sites is 1. The number of anilines is 1. The van der Waals surface area contributed by atoms with Crippen LogP contribution in [0.3, 0.4) is 0 Å². The SMILES string of the molecule is CCCc1cn(CCCNc2cccc3cccnc23)nn1. The fourth-order valence-corrected chi connectivity index (χ4v) is 2.53. The number of aryl methyl sites for hydroxylation is 2. The average Bonchev–Trinajstić information content (AvgIpc) is 3.00. The summed E-state index contributed by atoms with van der Waals surface area (Å²) in [4.78, 5) is 4.45. The maximum absolute atomic E-state index is 4.45. The van der Waals surface area contributed by atoms with Gasteiger partial charge in [0, 0.05) is 30.9 Å². The van der Waals surface area contributed by atoms with Gasteiger partial charge >= 0.3 is 0 Å². The van der Waals surface area contributed by atoms with Gasteiger partial charge in [0.2, 0.25) is 0 Å². The third kappa shape index (κ3) is 3.42. The van der Waals surface area contributed by atoms with E-state index in [1.54, 1.807) is 0 Å². The van der Waals surface area contributed by atoms with E-state index in [9.17, 15) is 0 Å². The summed E-state index contributed by atoms with van der Waals surface area (Å²) in [6.45, 7) is 3.92. The van der Waals surface area contributed by atoms with Crippen molar-refractivity contribution in [2.75, 3.05) is 11.9 Å². The molecule has 5 nitrogen and oxygen atoms in total. The summed E-state index contributed by atoms with van der Waals surface area (Å²) in [7, 11) is 0. The van der Waals surface area contributed by atoms with Crippen LogP contribution < -0.4 is 5.32 Å². The number of aromatic nitrogens is 4. The Morgan fingerprint density at radius 3 is 3.00 bits per heavy atom. The summed E-state index contributed by atoms with van der Waals surface area (Å²) in [6.07, 6.45) is 6.98. The molecule has 3 rings (SSSR count). The monoisotopic (exact) mass is 295 g/mol. The van der Waals surface area contributed by atoms with Crippen molar-refractivity contribution in [3.05, 3.63) is 48.4 Å². The summed E-state index contributed by atoms with van der Waals surface area (Å²) in [5.74, 6) is 0. The zero-order valence-electron chi connectivity index (χ0n) is 12.9. The maximum Gasteiger partial charge on any atom is 0.0933 e. The lowest BCUT2D eigenvalue weighted by Crippen LogP contribution is -2.07. The van der Waals surface area contributed by atoms with E-state index < -0.39 is 0 Å². The van der Waals surface area contributed by atoms with Gasteiger partial charge in [0.25, 0.3) is 0 Å². The highest BCUT2D eigenvalue weighted by molar-refractivity contribution is 5.90. The quantitative estimate of drug-likeness (QED) is 0.680. The molecule has 0 aliphatic carbocycles. The molecule has 22 heavy (non-hydrogen) atoms. The van der Waals surface area contributed by atoms with E-state index in [1.165, 1.54) is 0 Å². The fraction of sp³-hybridized carbons (Fsp3) is 0.353. The van der Waals surface area contributed by atoms with Gasteiger partial charge < -0.3 is 5.32 Å². The molecule has 0 unspecified atom stereocenters. The molecule has 0 radical (unpaired) electrons. The molecule has 2 heterocycles. The van der Waals surface area contributed by atoms with Crippen LogP contribution in [0.25, 0.3) is 10.9 Å². The van der Waals surface area contributed by atoms with Crippen molar-refractivity contribution in [3.63, 3.8) is 0 Å². The van der Waals surface area contributed by atoms with Crippen molar-refractivity contribution in [1.29, 1.82) is 0 Å². The van der Waals surface area contributed by atoms with E-state index in [2.05, 4.69) is 51.8 Å². The second kappa shape index (κ2) is 7.02. The van der Waals surface area contributed by atoms with E-state index >= 15 is 0 Å². The van der Waals surface area contributed by atoms with Crippen LogP contribution in [0.4, 0.5) is 5.69 Å². The number of fused-ring (bicyclic) bond motifs is 1. The molecule has 0 atom stereocenters. The van der Waals surface area contributed by atoms with Crippen molar-refractivity contribution in [2.24, 2.45) is 0 Å². The second-order valence-electron chi connectivity index (χ2n) is 5.38. The Morgan fingerprint density at radius 2 is 2.09 bits per heavy atom. The molecule has 1 N–H and O–H groups in total. The Kier molecular flexibility index (Phi) is 4.63. The van der Waals surface area contributed by atoms with E-state index in [0.29, 0.717) is 0 Å². The number of rotatable bonds is 7. The van der Waals surface area contributed by atoms with E-state index in [1.807, 2.05) is 23.1 Å². The number of nitrogens with zero attached hydrogens (tertiary/aromatic N) is 4. The van der Waals surface area contributed by atoms with Crippen LogP contribution in [-0.4, -0.2) is 26.5 Å². The van der Waals surface area contributed by atoms with Crippen LogP contribution in [0.15, 0.2) is 42.7 Å². The van der Waals surface area contributed by atoms with Gasteiger partial charge in [0.1, 0.15) is 0 Å².